The van der Waals surface area contributed by atoms with Gasteiger partial charge in [0, 0.05) is 25.2 Å². The predicted octanol–water partition coefficient (Wildman–Crippen LogP) is 2.60. The highest BCUT2D eigenvalue weighted by Gasteiger charge is 2.24. The third kappa shape index (κ3) is 2.82. The lowest BCUT2D eigenvalue weighted by Gasteiger charge is -2.18. The number of aromatic nitrogens is 4. The van der Waals surface area contributed by atoms with Gasteiger partial charge in [-0.25, -0.2) is 9.67 Å². The molecule has 0 unspecified atom stereocenters. The second-order valence-electron chi connectivity index (χ2n) is 6.41. The molecule has 134 valence electrons. The Bertz CT molecular complexity index is 900. The van der Waals surface area contributed by atoms with Crippen LogP contribution in [-0.4, -0.2) is 39.9 Å². The summed E-state index contributed by atoms with van der Waals surface area (Å²) in [5.74, 6) is 3.39. The summed E-state index contributed by atoms with van der Waals surface area (Å²) in [4.78, 5) is 4.76. The first kappa shape index (κ1) is 15.4. The van der Waals surface area contributed by atoms with Crippen molar-refractivity contribution in [1.82, 2.24) is 19.9 Å². The molecule has 0 atom stereocenters. The summed E-state index contributed by atoms with van der Waals surface area (Å²) in [5.41, 5.74) is 1.74. The van der Waals surface area contributed by atoms with E-state index in [9.17, 15) is 0 Å². The Labute approximate surface area is 149 Å². The van der Waals surface area contributed by atoms with Gasteiger partial charge in [0.25, 0.3) is 0 Å². The molecule has 3 aromatic rings. The lowest BCUT2D eigenvalue weighted by Crippen LogP contribution is -2.15. The topological polar surface area (TPSA) is 84.4 Å². The Kier molecular flexibility index (Phi) is 3.82. The normalized spacial score (nSPS) is 16.9. The Morgan fingerprint density at radius 3 is 2.81 bits per heavy atom. The van der Waals surface area contributed by atoms with E-state index in [4.69, 9.17) is 28.8 Å². The van der Waals surface area contributed by atoms with E-state index in [0.29, 0.717) is 24.0 Å². The van der Waals surface area contributed by atoms with Crippen molar-refractivity contribution in [3.05, 3.63) is 41.9 Å². The van der Waals surface area contributed by atoms with Gasteiger partial charge in [-0.15, -0.1) is 0 Å². The molecule has 1 aromatic carbocycles. The smallest absolute Gasteiger partial charge is 0.231 e. The van der Waals surface area contributed by atoms with E-state index in [-0.39, 0.29) is 6.79 Å². The molecule has 8 heteroatoms. The van der Waals surface area contributed by atoms with Crippen LogP contribution in [0.3, 0.4) is 0 Å². The van der Waals surface area contributed by atoms with Crippen LogP contribution in [0.4, 0.5) is 0 Å². The van der Waals surface area contributed by atoms with Gasteiger partial charge in [-0.1, -0.05) is 11.2 Å². The second kappa shape index (κ2) is 6.45. The molecule has 5 rings (SSSR count). The van der Waals surface area contributed by atoms with Crippen LogP contribution >= 0.6 is 0 Å². The maximum Gasteiger partial charge on any atom is 0.231 e. The summed E-state index contributed by atoms with van der Waals surface area (Å²) in [6.07, 6.45) is 3.42. The summed E-state index contributed by atoms with van der Waals surface area (Å²) in [5, 5.41) is 8.81. The number of hydrogen-bond acceptors (Lipinski definition) is 7. The number of nitrogens with zero attached hydrogens (tertiary/aromatic N) is 4. The van der Waals surface area contributed by atoms with Gasteiger partial charge in [-0.3, -0.25) is 0 Å². The van der Waals surface area contributed by atoms with E-state index >= 15 is 0 Å². The molecule has 1 fully saturated rings. The summed E-state index contributed by atoms with van der Waals surface area (Å²) in [6, 6.07) is 7.71. The quantitative estimate of drug-likeness (QED) is 0.712. The van der Waals surface area contributed by atoms with Gasteiger partial charge in [-0.2, -0.15) is 5.10 Å². The molecular weight excluding hydrogens is 336 g/mol. The van der Waals surface area contributed by atoms with Crippen molar-refractivity contribution in [3.63, 3.8) is 0 Å². The molecule has 0 bridgehead atoms. The monoisotopic (exact) mass is 354 g/mol. The van der Waals surface area contributed by atoms with Crippen LogP contribution < -0.4 is 9.47 Å². The van der Waals surface area contributed by atoms with Crippen LogP contribution in [0.25, 0.3) is 11.5 Å². The lowest BCUT2D eigenvalue weighted by molar-refractivity contribution is 0.0835. The van der Waals surface area contributed by atoms with Crippen LogP contribution in [0.5, 0.6) is 11.5 Å². The SMILES string of the molecule is c1cc(-c2nc(C3CCOCC3)nn2Cc2ccc3c(c2)OCO3)no1. The van der Waals surface area contributed by atoms with Gasteiger partial charge in [0.15, 0.2) is 28.8 Å². The van der Waals surface area contributed by atoms with Crippen LogP contribution in [0, 0.1) is 0 Å². The zero-order valence-electron chi connectivity index (χ0n) is 14.1. The average molecular weight is 354 g/mol. The lowest BCUT2D eigenvalue weighted by atomic mass is 10.00. The first-order chi connectivity index (χ1) is 12.9. The zero-order valence-corrected chi connectivity index (χ0v) is 14.1. The van der Waals surface area contributed by atoms with Gasteiger partial charge < -0.3 is 18.7 Å². The van der Waals surface area contributed by atoms with Crippen LogP contribution in [0.1, 0.15) is 30.1 Å². The van der Waals surface area contributed by atoms with Gasteiger partial charge in [0.2, 0.25) is 6.79 Å². The number of hydrogen-bond donors (Lipinski definition) is 0. The van der Waals surface area contributed by atoms with Crippen molar-refractivity contribution < 1.29 is 18.7 Å². The first-order valence-corrected chi connectivity index (χ1v) is 8.68. The second-order valence-corrected chi connectivity index (χ2v) is 6.41. The number of rotatable bonds is 4. The van der Waals surface area contributed by atoms with Crippen molar-refractivity contribution in [2.24, 2.45) is 0 Å². The summed E-state index contributed by atoms with van der Waals surface area (Å²) in [7, 11) is 0. The minimum absolute atomic E-state index is 0.264. The summed E-state index contributed by atoms with van der Waals surface area (Å²) >= 11 is 0. The highest BCUT2D eigenvalue weighted by Crippen LogP contribution is 2.33. The molecule has 0 saturated carbocycles. The van der Waals surface area contributed by atoms with E-state index in [1.54, 1.807) is 12.3 Å². The minimum atomic E-state index is 0.264. The molecule has 2 aliphatic heterocycles. The standard InChI is InChI=1S/C18H18N4O4/c1-2-15-16(25-11-24-15)9-12(1)10-22-18(14-5-8-26-21-14)19-17(20-22)13-3-6-23-7-4-13/h1-2,5,8-9,13H,3-4,6-7,10-11H2. The number of fused-ring (bicyclic) bond motifs is 1. The molecule has 0 spiro atoms. The van der Waals surface area contributed by atoms with Crippen molar-refractivity contribution in [2.75, 3.05) is 20.0 Å². The molecule has 4 heterocycles. The molecule has 8 nitrogen and oxygen atoms in total. The molecule has 26 heavy (non-hydrogen) atoms. The highest BCUT2D eigenvalue weighted by molar-refractivity contribution is 5.49. The maximum atomic E-state index is 5.47. The van der Waals surface area contributed by atoms with E-state index in [0.717, 1.165) is 48.9 Å². The molecule has 2 aliphatic rings. The fraction of sp³-hybridized carbons (Fsp3) is 0.389. The van der Waals surface area contributed by atoms with Crippen molar-refractivity contribution in [3.8, 4) is 23.0 Å². The average Bonchev–Trinajstić information content (AvgIpc) is 3.42. The highest BCUT2D eigenvalue weighted by atomic mass is 16.7. The Hall–Kier alpha value is -2.87. The van der Waals surface area contributed by atoms with E-state index in [1.165, 1.54) is 0 Å². The van der Waals surface area contributed by atoms with Gasteiger partial charge in [0.1, 0.15) is 6.26 Å². The van der Waals surface area contributed by atoms with Gasteiger partial charge in [-0.05, 0) is 30.5 Å². The summed E-state index contributed by atoms with van der Waals surface area (Å²) < 4.78 is 23.2. The molecule has 0 radical (unpaired) electrons. The number of ether oxygens (including phenoxy) is 3. The molecule has 2 aromatic heterocycles. The summed E-state index contributed by atoms with van der Waals surface area (Å²) in [6.45, 7) is 2.33. The maximum absolute atomic E-state index is 5.47. The largest absolute Gasteiger partial charge is 0.454 e. The third-order valence-corrected chi connectivity index (χ3v) is 4.71. The Morgan fingerprint density at radius 1 is 1.08 bits per heavy atom. The van der Waals surface area contributed by atoms with Crippen LogP contribution in [-0.2, 0) is 11.3 Å². The van der Waals surface area contributed by atoms with Crippen LogP contribution in [0.2, 0.25) is 0 Å². The van der Waals surface area contributed by atoms with Crippen molar-refractivity contribution >= 4 is 0 Å². The predicted molar refractivity (Wildman–Crippen MR) is 90.0 cm³/mol. The Balaban J connectivity index is 1.49. The Morgan fingerprint density at radius 2 is 1.96 bits per heavy atom. The molecular formula is C18H18N4O4. The van der Waals surface area contributed by atoms with E-state index in [1.807, 2.05) is 22.9 Å². The van der Waals surface area contributed by atoms with E-state index in [2.05, 4.69) is 5.16 Å². The van der Waals surface area contributed by atoms with Crippen LogP contribution in [0.15, 0.2) is 35.1 Å². The van der Waals surface area contributed by atoms with Gasteiger partial charge >= 0.3 is 0 Å². The fourth-order valence-corrected chi connectivity index (χ4v) is 3.33. The first-order valence-electron chi connectivity index (χ1n) is 8.68. The minimum Gasteiger partial charge on any atom is -0.454 e. The fourth-order valence-electron chi connectivity index (χ4n) is 3.33. The molecule has 0 amide bonds. The van der Waals surface area contributed by atoms with Crippen molar-refractivity contribution in [1.29, 1.82) is 0 Å². The van der Waals surface area contributed by atoms with Crippen molar-refractivity contribution in [2.45, 2.75) is 25.3 Å². The zero-order chi connectivity index (χ0) is 17.3. The van der Waals surface area contributed by atoms with E-state index < -0.39 is 0 Å². The third-order valence-electron chi connectivity index (χ3n) is 4.71. The molecule has 0 aliphatic carbocycles. The molecule has 0 N–H and O–H groups in total. The number of benzene rings is 1. The van der Waals surface area contributed by atoms with Gasteiger partial charge in [0.05, 0.1) is 6.54 Å². The molecule has 1 saturated heterocycles.